The van der Waals surface area contributed by atoms with Gasteiger partial charge in [-0.25, -0.2) is 0 Å². The summed E-state index contributed by atoms with van der Waals surface area (Å²) in [6.45, 7) is 1.40. The number of quaternary nitrogens is 1. The van der Waals surface area contributed by atoms with Crippen molar-refractivity contribution in [2.75, 3.05) is 32.6 Å². The minimum atomic E-state index is 0.0202. The Morgan fingerprint density at radius 1 is 1.23 bits per heavy atom. The Morgan fingerprint density at radius 3 is 2.81 bits per heavy atom. The molecule has 0 saturated carbocycles. The Hall–Kier alpha value is -2.05. The first-order valence-electron chi connectivity index (χ1n) is 8.72. The van der Waals surface area contributed by atoms with Crippen LogP contribution in [-0.4, -0.2) is 33.2 Å². The lowest BCUT2D eigenvalue weighted by molar-refractivity contribution is -0.910. The fraction of sp³-hybridized carbons (Fsp3) is 0.350. The summed E-state index contributed by atoms with van der Waals surface area (Å²) in [4.78, 5) is 13.8. The van der Waals surface area contributed by atoms with Crippen LogP contribution in [0.4, 0.5) is 5.69 Å². The molecule has 0 aliphatic carbocycles. The van der Waals surface area contributed by atoms with Crippen molar-refractivity contribution < 1.29 is 19.2 Å². The molecule has 1 aliphatic rings. The van der Waals surface area contributed by atoms with Crippen molar-refractivity contribution in [3.8, 4) is 11.5 Å². The first-order chi connectivity index (χ1) is 12.6. The second-order valence-electron chi connectivity index (χ2n) is 6.45. The van der Waals surface area contributed by atoms with Crippen LogP contribution >= 0.6 is 15.9 Å². The van der Waals surface area contributed by atoms with Crippen LogP contribution in [0.1, 0.15) is 24.4 Å². The van der Waals surface area contributed by atoms with E-state index in [1.54, 1.807) is 14.2 Å². The van der Waals surface area contributed by atoms with Gasteiger partial charge in [-0.1, -0.05) is 22.0 Å². The van der Waals surface area contributed by atoms with Gasteiger partial charge in [-0.2, -0.15) is 0 Å². The number of nitrogens with one attached hydrogen (secondary N) is 2. The van der Waals surface area contributed by atoms with Crippen LogP contribution in [0.15, 0.2) is 46.9 Å². The Morgan fingerprint density at radius 2 is 2.08 bits per heavy atom. The molecule has 6 heteroatoms. The normalized spacial score (nSPS) is 19.2. The van der Waals surface area contributed by atoms with E-state index in [4.69, 9.17) is 9.47 Å². The lowest BCUT2D eigenvalue weighted by atomic mass is 10.0. The Labute approximate surface area is 162 Å². The molecule has 1 saturated heterocycles. The molecule has 0 spiro atoms. The van der Waals surface area contributed by atoms with E-state index in [2.05, 4.69) is 21.2 Å². The van der Waals surface area contributed by atoms with Crippen molar-refractivity contribution in [3.63, 3.8) is 0 Å². The molecule has 138 valence electrons. The highest BCUT2D eigenvalue weighted by atomic mass is 79.9. The maximum atomic E-state index is 12.5. The number of rotatable bonds is 6. The number of ether oxygens (including phenoxy) is 2. The maximum Gasteiger partial charge on any atom is 0.279 e. The molecule has 2 atom stereocenters. The van der Waals surface area contributed by atoms with Gasteiger partial charge in [0.1, 0.15) is 17.5 Å². The highest BCUT2D eigenvalue weighted by Crippen LogP contribution is 2.31. The molecule has 1 heterocycles. The highest BCUT2D eigenvalue weighted by Gasteiger charge is 2.34. The van der Waals surface area contributed by atoms with Gasteiger partial charge in [0.25, 0.3) is 5.91 Å². The van der Waals surface area contributed by atoms with E-state index in [9.17, 15) is 4.79 Å². The van der Waals surface area contributed by atoms with Crippen molar-refractivity contribution in [2.24, 2.45) is 0 Å². The molecule has 0 aromatic heterocycles. The summed E-state index contributed by atoms with van der Waals surface area (Å²) >= 11 is 3.43. The number of hydrogen-bond acceptors (Lipinski definition) is 3. The Bertz CT molecular complexity index is 781. The second-order valence-corrected chi connectivity index (χ2v) is 7.36. The van der Waals surface area contributed by atoms with Crippen molar-refractivity contribution in [2.45, 2.75) is 18.9 Å². The largest absolute Gasteiger partial charge is 0.497 e. The van der Waals surface area contributed by atoms with E-state index < -0.39 is 0 Å². The number of amides is 1. The second kappa shape index (κ2) is 8.56. The van der Waals surface area contributed by atoms with E-state index in [1.165, 1.54) is 4.90 Å². The summed E-state index contributed by atoms with van der Waals surface area (Å²) < 4.78 is 11.9. The zero-order valence-electron chi connectivity index (χ0n) is 15.0. The number of carbonyl (C=O) groups excluding carboxylic acids is 1. The van der Waals surface area contributed by atoms with Crippen LogP contribution in [0.25, 0.3) is 0 Å². The molecule has 1 aliphatic heterocycles. The van der Waals surface area contributed by atoms with Gasteiger partial charge in [-0.05, 0) is 36.4 Å². The first-order valence-corrected chi connectivity index (χ1v) is 9.52. The number of carbonyl (C=O) groups is 1. The summed E-state index contributed by atoms with van der Waals surface area (Å²) in [7, 11) is 3.34. The van der Waals surface area contributed by atoms with Crippen LogP contribution in [-0.2, 0) is 4.79 Å². The van der Waals surface area contributed by atoms with E-state index in [1.807, 2.05) is 42.5 Å². The van der Waals surface area contributed by atoms with Gasteiger partial charge in [-0.3, -0.25) is 4.79 Å². The Kier molecular flexibility index (Phi) is 6.16. The highest BCUT2D eigenvalue weighted by molar-refractivity contribution is 9.10. The van der Waals surface area contributed by atoms with Crippen LogP contribution in [0.2, 0.25) is 0 Å². The number of hydrogen-bond donors (Lipinski definition) is 2. The Balaban J connectivity index is 1.73. The zero-order valence-corrected chi connectivity index (χ0v) is 16.6. The van der Waals surface area contributed by atoms with E-state index in [0.29, 0.717) is 6.54 Å². The molecule has 26 heavy (non-hydrogen) atoms. The molecule has 1 fully saturated rings. The number of likely N-dealkylation sites (tertiary alicyclic amines) is 1. The third kappa shape index (κ3) is 4.37. The monoisotopic (exact) mass is 419 g/mol. The van der Waals surface area contributed by atoms with Gasteiger partial charge in [0.15, 0.2) is 6.54 Å². The van der Waals surface area contributed by atoms with E-state index >= 15 is 0 Å². The summed E-state index contributed by atoms with van der Waals surface area (Å²) in [5.74, 6) is 1.68. The quantitative estimate of drug-likeness (QED) is 0.756. The van der Waals surface area contributed by atoms with Gasteiger partial charge in [0, 0.05) is 23.0 Å². The van der Waals surface area contributed by atoms with Gasteiger partial charge in [-0.15, -0.1) is 0 Å². The van der Waals surface area contributed by atoms with Gasteiger partial charge >= 0.3 is 0 Å². The fourth-order valence-corrected chi connectivity index (χ4v) is 3.99. The van der Waals surface area contributed by atoms with Crippen LogP contribution < -0.4 is 19.7 Å². The van der Waals surface area contributed by atoms with Crippen molar-refractivity contribution in [1.29, 1.82) is 0 Å². The van der Waals surface area contributed by atoms with Crippen LogP contribution in [0.3, 0.4) is 0 Å². The summed E-state index contributed by atoms with van der Waals surface area (Å²) in [5, 5.41) is 2.99. The maximum absolute atomic E-state index is 12.5. The fourth-order valence-electron chi connectivity index (χ4n) is 3.59. The third-order valence-electron chi connectivity index (χ3n) is 4.79. The number of benzene rings is 2. The number of methoxy groups -OCH3 is 2. The molecule has 1 unspecified atom stereocenters. The lowest BCUT2D eigenvalue weighted by Crippen LogP contribution is -3.11. The molecule has 2 aromatic rings. The summed E-state index contributed by atoms with van der Waals surface area (Å²) in [5.41, 5.74) is 1.91. The van der Waals surface area contributed by atoms with Gasteiger partial charge in [0.05, 0.1) is 26.3 Å². The molecule has 0 bridgehead atoms. The predicted octanol–water partition coefficient (Wildman–Crippen LogP) is 2.82. The zero-order chi connectivity index (χ0) is 18.5. The molecule has 2 N–H and O–H groups in total. The smallest absolute Gasteiger partial charge is 0.279 e. The molecule has 0 radical (unpaired) electrons. The topological polar surface area (TPSA) is 52.0 Å². The summed E-state index contributed by atoms with van der Waals surface area (Å²) in [6.07, 6.45) is 2.12. The molecule has 3 rings (SSSR count). The van der Waals surface area contributed by atoms with Crippen molar-refractivity contribution in [1.82, 2.24) is 0 Å². The van der Waals surface area contributed by atoms with Crippen molar-refractivity contribution in [3.05, 3.63) is 52.5 Å². The minimum absolute atomic E-state index is 0.0202. The molecule has 5 nitrogen and oxygen atoms in total. The molecule has 1 amide bonds. The minimum Gasteiger partial charge on any atom is -0.497 e. The average Bonchev–Trinajstić information content (AvgIpc) is 3.08. The summed E-state index contributed by atoms with van der Waals surface area (Å²) in [6, 6.07) is 13.7. The number of halogens is 1. The third-order valence-corrected chi connectivity index (χ3v) is 5.29. The van der Waals surface area contributed by atoms with Crippen LogP contribution in [0, 0.1) is 0 Å². The van der Waals surface area contributed by atoms with E-state index in [0.717, 1.165) is 46.6 Å². The lowest BCUT2D eigenvalue weighted by Gasteiger charge is -2.23. The molecule has 2 aromatic carbocycles. The average molecular weight is 420 g/mol. The van der Waals surface area contributed by atoms with E-state index in [-0.39, 0.29) is 11.9 Å². The standard InChI is InChI=1S/C20H23BrN2O3/c1-25-16-8-9-19(26-2)17(12-16)18-7-4-10-23(18)13-20(24)22-15-6-3-5-14(21)11-15/h3,5-6,8-9,11-12,18H,4,7,10,13H2,1-2H3,(H,22,24)/p+1/t18-/m0/s1. The predicted molar refractivity (Wildman–Crippen MR) is 105 cm³/mol. The number of anilines is 1. The van der Waals surface area contributed by atoms with Crippen LogP contribution in [0.5, 0.6) is 11.5 Å². The first kappa shape index (κ1) is 18.7. The van der Waals surface area contributed by atoms with Gasteiger partial charge in [0.2, 0.25) is 0 Å². The molecular weight excluding hydrogens is 396 g/mol. The van der Waals surface area contributed by atoms with Gasteiger partial charge < -0.3 is 19.7 Å². The van der Waals surface area contributed by atoms with Crippen molar-refractivity contribution >= 4 is 27.5 Å². The molecular formula is C20H24BrN2O3+. The SMILES string of the molecule is COc1ccc(OC)c([C@@H]2CCC[NH+]2CC(=O)Nc2cccc(Br)c2)c1.